The lowest BCUT2D eigenvalue weighted by molar-refractivity contribution is 0.0686. The van der Waals surface area contributed by atoms with Crippen molar-refractivity contribution in [2.45, 2.75) is 45.1 Å². The van der Waals surface area contributed by atoms with Crippen LogP contribution in [0, 0.1) is 0 Å². The number of hydrogen-bond donors (Lipinski definition) is 2. The van der Waals surface area contributed by atoms with Crippen LogP contribution < -0.4 is 10.2 Å². The molecule has 0 amide bonds. The first-order chi connectivity index (χ1) is 11.2. The fourth-order valence-corrected chi connectivity index (χ4v) is 4.21. The Morgan fingerprint density at radius 3 is 2.87 bits per heavy atom. The first-order valence-electron chi connectivity index (χ1n) is 9.03. The minimum absolute atomic E-state index is 0.405. The Bertz CT molecular complexity index is 545. The second-order valence-electron chi connectivity index (χ2n) is 6.76. The summed E-state index contributed by atoms with van der Waals surface area (Å²) in [6.07, 6.45) is 5.26. The summed E-state index contributed by atoms with van der Waals surface area (Å²) in [5, 5.41) is 13.7. The number of rotatable bonds is 5. The van der Waals surface area contributed by atoms with E-state index in [1.165, 1.54) is 29.7 Å². The van der Waals surface area contributed by atoms with Crippen LogP contribution in [0.2, 0.25) is 0 Å². The Balaban J connectivity index is 1.98. The number of β-amino-alcohol motifs (C(OH)–C–C–N with tert-alkyl or cyclic N) is 1. The number of hydrogen-bond acceptors (Lipinski definition) is 4. The molecule has 2 aliphatic rings. The third-order valence-electron chi connectivity index (χ3n) is 5.15. The fraction of sp³-hybridized carbons (Fsp3) is 0.684. The van der Waals surface area contributed by atoms with Crippen LogP contribution in [0.25, 0.3) is 0 Å². The molecule has 0 fully saturated rings. The second-order valence-corrected chi connectivity index (χ2v) is 6.76. The summed E-state index contributed by atoms with van der Waals surface area (Å²) in [6, 6.07) is 2.45. The van der Waals surface area contributed by atoms with Gasteiger partial charge in [0, 0.05) is 25.9 Å². The zero-order chi connectivity index (χ0) is 16.2. The van der Waals surface area contributed by atoms with Gasteiger partial charge >= 0.3 is 0 Å². The molecule has 0 aliphatic carbocycles. The SMILES string of the molecule is CCc1c2c(cc3c1N(CC(O)COC)CCC3)CCNCC2. The molecule has 0 spiro atoms. The Morgan fingerprint density at radius 2 is 2.09 bits per heavy atom. The molecule has 4 heteroatoms. The van der Waals surface area contributed by atoms with Crippen molar-refractivity contribution in [3.63, 3.8) is 0 Å². The molecule has 2 N–H and O–H groups in total. The summed E-state index contributed by atoms with van der Waals surface area (Å²) in [6.45, 7) is 6.55. The van der Waals surface area contributed by atoms with E-state index in [0.717, 1.165) is 38.9 Å². The van der Waals surface area contributed by atoms with Gasteiger partial charge in [0.1, 0.15) is 0 Å². The standard InChI is InChI=1S/C19H30N2O2/c1-3-17-18-7-9-20-8-6-14(18)11-15-5-4-10-21(19(15)17)12-16(22)13-23-2/h11,16,20,22H,3-10,12-13H2,1-2H3. The summed E-state index contributed by atoms with van der Waals surface area (Å²) in [5.41, 5.74) is 7.52. The minimum atomic E-state index is -0.420. The number of ether oxygens (including phenoxy) is 1. The number of aliphatic hydroxyl groups excluding tert-OH is 1. The lowest BCUT2D eigenvalue weighted by Gasteiger charge is -2.36. The number of nitrogens with zero attached hydrogens (tertiary/aromatic N) is 1. The Kier molecular flexibility index (Phi) is 5.57. The van der Waals surface area contributed by atoms with Crippen molar-refractivity contribution in [1.29, 1.82) is 0 Å². The zero-order valence-corrected chi connectivity index (χ0v) is 14.5. The number of aryl methyl sites for hydroxylation is 1. The normalized spacial score (nSPS) is 19.0. The van der Waals surface area contributed by atoms with Gasteiger partial charge in [0.05, 0.1) is 12.7 Å². The van der Waals surface area contributed by atoms with Gasteiger partial charge in [0.15, 0.2) is 0 Å². The molecule has 4 nitrogen and oxygen atoms in total. The maximum absolute atomic E-state index is 10.2. The maximum atomic E-state index is 10.2. The van der Waals surface area contributed by atoms with E-state index in [2.05, 4.69) is 23.2 Å². The highest BCUT2D eigenvalue weighted by Crippen LogP contribution is 2.36. The van der Waals surface area contributed by atoms with Crippen LogP contribution in [0.15, 0.2) is 6.07 Å². The predicted octanol–water partition coefficient (Wildman–Crippen LogP) is 1.70. The minimum Gasteiger partial charge on any atom is -0.389 e. The first kappa shape index (κ1) is 16.7. The average molecular weight is 318 g/mol. The quantitative estimate of drug-likeness (QED) is 0.867. The Labute approximate surface area is 139 Å². The van der Waals surface area contributed by atoms with Crippen molar-refractivity contribution in [1.82, 2.24) is 5.32 Å². The molecular weight excluding hydrogens is 288 g/mol. The molecule has 1 atom stereocenters. The van der Waals surface area contributed by atoms with E-state index in [1.54, 1.807) is 18.2 Å². The summed E-state index contributed by atoms with van der Waals surface area (Å²) in [5.74, 6) is 0. The van der Waals surface area contributed by atoms with Crippen molar-refractivity contribution in [2.24, 2.45) is 0 Å². The number of fused-ring (bicyclic) bond motifs is 2. The first-order valence-corrected chi connectivity index (χ1v) is 9.03. The summed E-state index contributed by atoms with van der Waals surface area (Å²) in [7, 11) is 1.65. The van der Waals surface area contributed by atoms with Gasteiger partial charge in [-0.2, -0.15) is 0 Å². The molecule has 0 saturated heterocycles. The lowest BCUT2D eigenvalue weighted by Crippen LogP contribution is -2.39. The highest BCUT2D eigenvalue weighted by atomic mass is 16.5. The topological polar surface area (TPSA) is 44.7 Å². The smallest absolute Gasteiger partial charge is 0.0947 e. The van der Waals surface area contributed by atoms with E-state index >= 15 is 0 Å². The molecule has 128 valence electrons. The zero-order valence-electron chi connectivity index (χ0n) is 14.5. The summed E-state index contributed by atoms with van der Waals surface area (Å²) >= 11 is 0. The highest BCUT2D eigenvalue weighted by molar-refractivity contribution is 5.66. The molecule has 0 aromatic heterocycles. The van der Waals surface area contributed by atoms with E-state index in [9.17, 15) is 5.11 Å². The van der Waals surface area contributed by atoms with Crippen LogP contribution in [-0.4, -0.2) is 51.1 Å². The summed E-state index contributed by atoms with van der Waals surface area (Å²) < 4.78 is 5.11. The maximum Gasteiger partial charge on any atom is 0.0947 e. The largest absolute Gasteiger partial charge is 0.389 e. The number of methoxy groups -OCH3 is 1. The van der Waals surface area contributed by atoms with Gasteiger partial charge in [-0.25, -0.2) is 0 Å². The third kappa shape index (κ3) is 3.54. The lowest BCUT2D eigenvalue weighted by atomic mass is 9.87. The molecule has 3 rings (SSSR count). The number of benzene rings is 1. The number of aliphatic hydroxyl groups is 1. The molecule has 1 aromatic carbocycles. The monoisotopic (exact) mass is 318 g/mol. The van der Waals surface area contributed by atoms with Crippen molar-refractivity contribution in [3.8, 4) is 0 Å². The molecule has 0 saturated carbocycles. The van der Waals surface area contributed by atoms with E-state index in [1.807, 2.05) is 0 Å². The number of anilines is 1. The Hall–Kier alpha value is -1.10. The third-order valence-corrected chi connectivity index (χ3v) is 5.15. The van der Waals surface area contributed by atoms with Gasteiger partial charge in [0.2, 0.25) is 0 Å². The summed E-state index contributed by atoms with van der Waals surface area (Å²) in [4.78, 5) is 2.40. The van der Waals surface area contributed by atoms with Crippen molar-refractivity contribution in [3.05, 3.63) is 28.3 Å². The molecule has 0 radical (unpaired) electrons. The van der Waals surface area contributed by atoms with Gasteiger partial charge < -0.3 is 20.1 Å². The average Bonchev–Trinajstić information content (AvgIpc) is 2.78. The molecule has 23 heavy (non-hydrogen) atoms. The van der Waals surface area contributed by atoms with Crippen LogP contribution in [0.1, 0.15) is 35.6 Å². The van der Waals surface area contributed by atoms with Crippen LogP contribution >= 0.6 is 0 Å². The van der Waals surface area contributed by atoms with E-state index in [0.29, 0.717) is 13.2 Å². The molecule has 1 aromatic rings. The van der Waals surface area contributed by atoms with E-state index < -0.39 is 6.10 Å². The second kappa shape index (κ2) is 7.65. The molecule has 0 bridgehead atoms. The van der Waals surface area contributed by atoms with Crippen LogP contribution in [0.5, 0.6) is 0 Å². The highest BCUT2D eigenvalue weighted by Gasteiger charge is 2.25. The molecular formula is C19H30N2O2. The fourth-order valence-electron chi connectivity index (χ4n) is 4.21. The predicted molar refractivity (Wildman–Crippen MR) is 94.5 cm³/mol. The van der Waals surface area contributed by atoms with Gasteiger partial charge in [-0.15, -0.1) is 0 Å². The van der Waals surface area contributed by atoms with Crippen LogP contribution in [0.3, 0.4) is 0 Å². The van der Waals surface area contributed by atoms with Gasteiger partial charge in [-0.3, -0.25) is 0 Å². The van der Waals surface area contributed by atoms with Crippen molar-refractivity contribution >= 4 is 5.69 Å². The molecule has 1 unspecified atom stereocenters. The number of nitrogens with one attached hydrogen (secondary N) is 1. The van der Waals surface area contributed by atoms with Gasteiger partial charge in [-0.05, 0) is 67.4 Å². The van der Waals surface area contributed by atoms with Crippen molar-refractivity contribution in [2.75, 3.05) is 44.8 Å². The van der Waals surface area contributed by atoms with Crippen LogP contribution in [-0.2, 0) is 30.4 Å². The van der Waals surface area contributed by atoms with E-state index in [4.69, 9.17) is 4.74 Å². The van der Waals surface area contributed by atoms with E-state index in [-0.39, 0.29) is 0 Å². The van der Waals surface area contributed by atoms with Gasteiger partial charge in [-0.1, -0.05) is 13.0 Å². The van der Waals surface area contributed by atoms with Crippen LogP contribution in [0.4, 0.5) is 5.69 Å². The van der Waals surface area contributed by atoms with Crippen molar-refractivity contribution < 1.29 is 9.84 Å². The molecule has 2 aliphatic heterocycles. The van der Waals surface area contributed by atoms with Gasteiger partial charge in [0.25, 0.3) is 0 Å². The molecule has 2 heterocycles. The Morgan fingerprint density at radius 1 is 1.26 bits per heavy atom.